The summed E-state index contributed by atoms with van der Waals surface area (Å²) in [5, 5.41) is 13.4. The molecule has 0 fully saturated rings. The predicted octanol–water partition coefficient (Wildman–Crippen LogP) is 2.33. The number of nitrogens with zero attached hydrogens (tertiary/aromatic N) is 2. The standard InChI is InChI=1S/C16H15N3O4/c1-23-16-13(5-3-9-17-16)11-18-15(20)8-7-12-4-2-6-14(10-12)19(21)22/h2-10H,11H2,1H3,(H,18,20)/b8-7+. The highest BCUT2D eigenvalue weighted by Crippen LogP contribution is 2.14. The first-order chi connectivity index (χ1) is 11.1. The van der Waals surface area contributed by atoms with Crippen molar-refractivity contribution in [1.29, 1.82) is 0 Å². The average Bonchev–Trinajstić information content (AvgIpc) is 2.58. The van der Waals surface area contributed by atoms with E-state index in [0.29, 0.717) is 11.4 Å². The number of hydrogen-bond donors (Lipinski definition) is 1. The first-order valence-corrected chi connectivity index (χ1v) is 6.78. The first kappa shape index (κ1) is 16.2. The Kier molecular flexibility index (Phi) is 5.40. The van der Waals surface area contributed by atoms with Crippen LogP contribution in [0.2, 0.25) is 0 Å². The minimum absolute atomic E-state index is 0.0207. The van der Waals surface area contributed by atoms with E-state index in [9.17, 15) is 14.9 Å². The molecule has 0 bridgehead atoms. The molecule has 1 amide bonds. The number of methoxy groups -OCH3 is 1. The Morgan fingerprint density at radius 1 is 1.39 bits per heavy atom. The summed E-state index contributed by atoms with van der Waals surface area (Å²) in [4.78, 5) is 26.1. The number of non-ortho nitro benzene ring substituents is 1. The van der Waals surface area contributed by atoms with Gasteiger partial charge in [0.05, 0.1) is 12.0 Å². The van der Waals surface area contributed by atoms with Crippen LogP contribution >= 0.6 is 0 Å². The second-order valence-electron chi connectivity index (χ2n) is 4.58. The van der Waals surface area contributed by atoms with Gasteiger partial charge >= 0.3 is 0 Å². The number of ether oxygens (including phenoxy) is 1. The normalized spacial score (nSPS) is 10.5. The van der Waals surface area contributed by atoms with Crippen LogP contribution in [0.15, 0.2) is 48.7 Å². The Morgan fingerprint density at radius 3 is 2.96 bits per heavy atom. The van der Waals surface area contributed by atoms with Gasteiger partial charge < -0.3 is 10.1 Å². The van der Waals surface area contributed by atoms with Crippen LogP contribution in [0.4, 0.5) is 5.69 Å². The van der Waals surface area contributed by atoms with Gasteiger partial charge in [-0.3, -0.25) is 14.9 Å². The van der Waals surface area contributed by atoms with Crippen molar-refractivity contribution in [2.75, 3.05) is 7.11 Å². The number of nitro benzene ring substituents is 1. The predicted molar refractivity (Wildman–Crippen MR) is 84.8 cm³/mol. The number of rotatable bonds is 6. The van der Waals surface area contributed by atoms with Crippen LogP contribution in [0, 0.1) is 10.1 Å². The minimum atomic E-state index is -0.480. The van der Waals surface area contributed by atoms with Gasteiger partial charge in [-0.2, -0.15) is 0 Å². The van der Waals surface area contributed by atoms with E-state index in [1.807, 2.05) is 0 Å². The Hall–Kier alpha value is -3.22. The Morgan fingerprint density at radius 2 is 2.22 bits per heavy atom. The number of hydrogen-bond acceptors (Lipinski definition) is 5. The van der Waals surface area contributed by atoms with Gasteiger partial charge in [0.25, 0.3) is 5.69 Å². The second kappa shape index (κ2) is 7.69. The highest BCUT2D eigenvalue weighted by atomic mass is 16.6. The number of amides is 1. The molecular weight excluding hydrogens is 298 g/mol. The molecule has 0 saturated heterocycles. The van der Waals surface area contributed by atoms with Crippen molar-refractivity contribution in [3.8, 4) is 5.88 Å². The number of carbonyl (C=O) groups is 1. The maximum Gasteiger partial charge on any atom is 0.270 e. The quantitative estimate of drug-likeness (QED) is 0.502. The van der Waals surface area contributed by atoms with E-state index in [0.717, 1.165) is 5.56 Å². The third kappa shape index (κ3) is 4.63. The third-order valence-corrected chi connectivity index (χ3v) is 3.00. The molecule has 0 aliphatic heterocycles. The van der Waals surface area contributed by atoms with Crippen LogP contribution in [0.3, 0.4) is 0 Å². The lowest BCUT2D eigenvalue weighted by Gasteiger charge is -2.06. The zero-order valence-corrected chi connectivity index (χ0v) is 12.4. The summed E-state index contributed by atoms with van der Waals surface area (Å²) in [6.45, 7) is 0.273. The molecule has 2 rings (SSSR count). The first-order valence-electron chi connectivity index (χ1n) is 6.78. The molecule has 0 saturated carbocycles. The lowest BCUT2D eigenvalue weighted by molar-refractivity contribution is -0.384. The summed E-state index contributed by atoms with van der Waals surface area (Å²) in [6, 6.07) is 9.59. The lowest BCUT2D eigenvalue weighted by atomic mass is 10.2. The fraction of sp³-hybridized carbons (Fsp3) is 0.125. The van der Waals surface area contributed by atoms with Crippen LogP contribution in [-0.2, 0) is 11.3 Å². The summed E-state index contributed by atoms with van der Waals surface area (Å²) < 4.78 is 5.10. The van der Waals surface area contributed by atoms with E-state index in [-0.39, 0.29) is 18.1 Å². The summed E-state index contributed by atoms with van der Waals surface area (Å²) >= 11 is 0. The largest absolute Gasteiger partial charge is 0.481 e. The van der Waals surface area contributed by atoms with Gasteiger partial charge in [0.2, 0.25) is 11.8 Å². The van der Waals surface area contributed by atoms with E-state index in [2.05, 4.69) is 10.3 Å². The van der Waals surface area contributed by atoms with Crippen molar-refractivity contribution in [2.45, 2.75) is 6.54 Å². The zero-order chi connectivity index (χ0) is 16.7. The molecule has 0 unspecified atom stereocenters. The number of benzene rings is 1. The number of aromatic nitrogens is 1. The molecule has 1 heterocycles. The smallest absolute Gasteiger partial charge is 0.270 e. The molecule has 1 aromatic heterocycles. The molecule has 0 radical (unpaired) electrons. The molecule has 118 valence electrons. The molecule has 23 heavy (non-hydrogen) atoms. The SMILES string of the molecule is COc1ncccc1CNC(=O)/C=C/c1cccc([N+](=O)[O-])c1. The number of pyridine rings is 1. The van der Waals surface area contributed by atoms with E-state index in [1.165, 1.54) is 31.4 Å². The van der Waals surface area contributed by atoms with Crippen LogP contribution in [0.5, 0.6) is 5.88 Å². The molecule has 0 aliphatic carbocycles. The fourth-order valence-corrected chi connectivity index (χ4v) is 1.90. The number of carbonyl (C=O) groups excluding carboxylic acids is 1. The summed E-state index contributed by atoms with van der Waals surface area (Å²) in [6.07, 6.45) is 4.44. The van der Waals surface area contributed by atoms with E-state index in [4.69, 9.17) is 4.74 Å². The molecule has 1 aromatic carbocycles. The molecule has 0 aliphatic rings. The van der Waals surface area contributed by atoms with Crippen LogP contribution in [0.25, 0.3) is 6.08 Å². The van der Waals surface area contributed by atoms with Crippen LogP contribution in [0.1, 0.15) is 11.1 Å². The molecule has 1 N–H and O–H groups in total. The van der Waals surface area contributed by atoms with Crippen molar-refractivity contribution in [3.05, 3.63) is 69.9 Å². The van der Waals surface area contributed by atoms with E-state index in [1.54, 1.807) is 30.5 Å². The highest BCUT2D eigenvalue weighted by molar-refractivity contribution is 5.91. The molecule has 0 spiro atoms. The molecule has 0 atom stereocenters. The summed E-state index contributed by atoms with van der Waals surface area (Å²) in [7, 11) is 1.51. The fourth-order valence-electron chi connectivity index (χ4n) is 1.90. The van der Waals surface area contributed by atoms with Crippen molar-refractivity contribution >= 4 is 17.7 Å². The van der Waals surface area contributed by atoms with Gasteiger partial charge in [-0.1, -0.05) is 18.2 Å². The summed E-state index contributed by atoms with van der Waals surface area (Å²) in [5.74, 6) is 0.137. The van der Waals surface area contributed by atoms with Crippen molar-refractivity contribution < 1.29 is 14.5 Å². The lowest BCUT2D eigenvalue weighted by Crippen LogP contribution is -2.20. The Bertz CT molecular complexity index is 744. The molecule has 2 aromatic rings. The maximum absolute atomic E-state index is 11.8. The van der Waals surface area contributed by atoms with Crippen LogP contribution < -0.4 is 10.1 Å². The topological polar surface area (TPSA) is 94.4 Å². The van der Waals surface area contributed by atoms with Gasteiger partial charge in [-0.05, 0) is 17.7 Å². The highest BCUT2D eigenvalue weighted by Gasteiger charge is 2.05. The van der Waals surface area contributed by atoms with Gasteiger partial charge in [-0.15, -0.1) is 0 Å². The average molecular weight is 313 g/mol. The summed E-state index contributed by atoms with van der Waals surface area (Å²) in [5.41, 5.74) is 1.31. The monoisotopic (exact) mass is 313 g/mol. The zero-order valence-electron chi connectivity index (χ0n) is 12.4. The van der Waals surface area contributed by atoms with Gasteiger partial charge in [-0.25, -0.2) is 4.98 Å². The van der Waals surface area contributed by atoms with Crippen molar-refractivity contribution in [1.82, 2.24) is 10.3 Å². The minimum Gasteiger partial charge on any atom is -0.481 e. The Labute approximate surface area is 132 Å². The molecule has 7 heteroatoms. The Balaban J connectivity index is 1.97. The molecular formula is C16H15N3O4. The van der Waals surface area contributed by atoms with Gasteiger partial charge in [0.1, 0.15) is 0 Å². The maximum atomic E-state index is 11.8. The second-order valence-corrected chi connectivity index (χ2v) is 4.58. The number of nitro groups is 1. The van der Waals surface area contributed by atoms with E-state index >= 15 is 0 Å². The van der Waals surface area contributed by atoms with Gasteiger partial charge in [0, 0.05) is 36.5 Å². The van der Waals surface area contributed by atoms with Crippen LogP contribution in [-0.4, -0.2) is 22.9 Å². The van der Waals surface area contributed by atoms with Crippen molar-refractivity contribution in [3.63, 3.8) is 0 Å². The van der Waals surface area contributed by atoms with Crippen molar-refractivity contribution in [2.24, 2.45) is 0 Å². The van der Waals surface area contributed by atoms with E-state index < -0.39 is 4.92 Å². The number of nitrogens with one attached hydrogen (secondary N) is 1. The molecule has 7 nitrogen and oxygen atoms in total. The van der Waals surface area contributed by atoms with Gasteiger partial charge in [0.15, 0.2) is 0 Å². The third-order valence-electron chi connectivity index (χ3n) is 3.00.